The molecule has 4 aromatic rings. The molecule has 0 aliphatic heterocycles. The van der Waals surface area contributed by atoms with Crippen molar-refractivity contribution in [3.8, 4) is 11.5 Å². The van der Waals surface area contributed by atoms with Crippen molar-refractivity contribution in [3.05, 3.63) is 89.5 Å². The fourth-order valence-corrected chi connectivity index (χ4v) is 4.18. The fraction of sp³-hybridized carbons (Fsp3) is 0.250. The van der Waals surface area contributed by atoms with Crippen molar-refractivity contribution in [2.24, 2.45) is 5.92 Å². The van der Waals surface area contributed by atoms with E-state index in [1.54, 1.807) is 31.4 Å². The molecule has 0 saturated carbocycles. The van der Waals surface area contributed by atoms with Crippen LogP contribution in [0.15, 0.2) is 52.1 Å². The lowest BCUT2D eigenvalue weighted by atomic mass is 10.1. The Kier molecular flexibility index (Phi) is 6.76. The van der Waals surface area contributed by atoms with Crippen LogP contribution in [0.1, 0.15) is 30.7 Å². The molecule has 0 fully saturated rings. The van der Waals surface area contributed by atoms with Crippen LogP contribution in [0.5, 0.6) is 11.5 Å². The summed E-state index contributed by atoms with van der Waals surface area (Å²) in [5.41, 5.74) is 1.03. The third-order valence-corrected chi connectivity index (χ3v) is 6.00. The summed E-state index contributed by atoms with van der Waals surface area (Å²) in [4.78, 5) is 29.7. The molecule has 0 aliphatic carbocycles. The van der Waals surface area contributed by atoms with Gasteiger partial charge in [0.1, 0.15) is 5.69 Å². The molecule has 2 aromatic heterocycles. The number of halogens is 1. The molecule has 170 valence electrons. The van der Waals surface area contributed by atoms with Gasteiger partial charge >= 0.3 is 0 Å². The van der Waals surface area contributed by atoms with E-state index >= 15 is 0 Å². The monoisotopic (exact) mass is 483 g/mol. The van der Waals surface area contributed by atoms with Gasteiger partial charge in [-0.3, -0.25) is 9.59 Å². The minimum atomic E-state index is -0.453. The summed E-state index contributed by atoms with van der Waals surface area (Å²) in [5.74, 6) is 1.60. The highest BCUT2D eigenvalue weighted by molar-refractivity contribution is 7.15. The average molecular weight is 484 g/mol. The first-order valence-electron chi connectivity index (χ1n) is 10.3. The van der Waals surface area contributed by atoms with Crippen LogP contribution in [0.25, 0.3) is 11.0 Å². The Morgan fingerprint density at radius 1 is 1.12 bits per heavy atom. The first kappa shape index (κ1) is 22.9. The first-order valence-corrected chi connectivity index (χ1v) is 11.5. The van der Waals surface area contributed by atoms with Gasteiger partial charge in [-0.05, 0) is 47.4 Å². The van der Waals surface area contributed by atoms with E-state index in [1.165, 1.54) is 4.52 Å². The zero-order valence-electron chi connectivity index (χ0n) is 18.4. The van der Waals surface area contributed by atoms with Gasteiger partial charge in [-0.25, -0.2) is 0 Å². The van der Waals surface area contributed by atoms with E-state index < -0.39 is 5.56 Å². The largest absolute Gasteiger partial charge is 0.493 e. The first-order chi connectivity index (χ1) is 15.8. The minimum Gasteiger partial charge on any atom is -0.493 e. The zero-order valence-corrected chi connectivity index (χ0v) is 19.9. The molecular formula is C24H22ClN3O4S. The Morgan fingerprint density at radius 3 is 2.58 bits per heavy atom. The molecule has 33 heavy (non-hydrogen) atoms. The van der Waals surface area contributed by atoms with Gasteiger partial charge in [0.15, 0.2) is 11.5 Å². The fourth-order valence-electron chi connectivity index (χ4n) is 3.15. The van der Waals surface area contributed by atoms with Gasteiger partial charge in [-0.2, -0.15) is 14.6 Å². The van der Waals surface area contributed by atoms with Crippen molar-refractivity contribution < 1.29 is 9.47 Å². The molecule has 2 heterocycles. The van der Waals surface area contributed by atoms with Gasteiger partial charge in [0.25, 0.3) is 11.1 Å². The topological polar surface area (TPSA) is 82.8 Å². The minimum absolute atomic E-state index is 0.199. The summed E-state index contributed by atoms with van der Waals surface area (Å²) >= 11 is 7.03. The van der Waals surface area contributed by atoms with E-state index in [1.807, 2.05) is 24.3 Å². The highest BCUT2D eigenvalue weighted by atomic mass is 35.5. The predicted molar refractivity (Wildman–Crippen MR) is 130 cm³/mol. The van der Waals surface area contributed by atoms with Crippen LogP contribution in [0.4, 0.5) is 0 Å². The Morgan fingerprint density at radius 2 is 1.88 bits per heavy atom. The van der Waals surface area contributed by atoms with Gasteiger partial charge in [-0.15, -0.1) is 0 Å². The van der Waals surface area contributed by atoms with E-state index in [9.17, 15) is 9.59 Å². The summed E-state index contributed by atoms with van der Waals surface area (Å²) in [6.07, 6.45) is 1.98. The summed E-state index contributed by atoms with van der Waals surface area (Å²) in [6, 6.07) is 12.6. The smallest absolute Gasteiger partial charge is 0.296 e. The number of thiazole rings is 1. The van der Waals surface area contributed by atoms with Gasteiger partial charge in [0, 0.05) is 11.4 Å². The lowest BCUT2D eigenvalue weighted by Crippen LogP contribution is -2.28. The molecule has 9 heteroatoms. The molecule has 0 atom stereocenters. The molecule has 0 bridgehead atoms. The second-order valence-corrected chi connectivity index (χ2v) is 9.34. The molecule has 0 spiro atoms. The number of hydrogen-bond acceptors (Lipinski definition) is 7. The number of ether oxygens (including phenoxy) is 2. The van der Waals surface area contributed by atoms with Gasteiger partial charge in [-0.1, -0.05) is 55.0 Å². The SMILES string of the molecule is COc1cc(/C=c2\sc3nc(=O)c(Cc4ccc(Cl)cc4)nn3c2=O)ccc1OCC(C)C. The quantitative estimate of drug-likeness (QED) is 0.401. The van der Waals surface area contributed by atoms with Crippen LogP contribution in [0.3, 0.4) is 0 Å². The van der Waals surface area contributed by atoms with Crippen molar-refractivity contribution in [2.45, 2.75) is 20.3 Å². The van der Waals surface area contributed by atoms with Crippen LogP contribution in [-0.2, 0) is 6.42 Å². The standard InChI is InChI=1S/C24H22ClN3O4S/c1-14(2)13-32-19-9-6-16(11-20(19)31-3)12-21-23(30)28-24(33-21)26-22(29)18(27-28)10-15-4-7-17(25)8-5-15/h4-9,11-12,14H,10,13H2,1-3H3/b21-12-. The molecule has 2 aromatic carbocycles. The van der Waals surface area contributed by atoms with Crippen molar-refractivity contribution in [2.75, 3.05) is 13.7 Å². The molecule has 0 amide bonds. The molecular weight excluding hydrogens is 462 g/mol. The van der Waals surface area contributed by atoms with Crippen molar-refractivity contribution in [3.63, 3.8) is 0 Å². The zero-order chi connectivity index (χ0) is 23.5. The number of rotatable bonds is 7. The number of benzene rings is 2. The molecule has 0 unspecified atom stereocenters. The number of fused-ring (bicyclic) bond motifs is 1. The van der Waals surface area contributed by atoms with E-state index in [4.69, 9.17) is 21.1 Å². The van der Waals surface area contributed by atoms with Crippen LogP contribution in [0.2, 0.25) is 5.02 Å². The van der Waals surface area contributed by atoms with Gasteiger partial charge < -0.3 is 9.47 Å². The van der Waals surface area contributed by atoms with E-state index in [0.717, 1.165) is 22.5 Å². The Labute approximate surface area is 198 Å². The molecule has 4 rings (SSSR count). The van der Waals surface area contributed by atoms with Gasteiger partial charge in [0.2, 0.25) is 4.96 Å². The van der Waals surface area contributed by atoms with Crippen LogP contribution in [-0.4, -0.2) is 28.3 Å². The van der Waals surface area contributed by atoms with Crippen molar-refractivity contribution in [1.82, 2.24) is 14.6 Å². The summed E-state index contributed by atoms with van der Waals surface area (Å²) in [7, 11) is 1.57. The Balaban J connectivity index is 1.70. The summed E-state index contributed by atoms with van der Waals surface area (Å²) in [5, 5.41) is 4.89. The highest BCUT2D eigenvalue weighted by Crippen LogP contribution is 2.28. The number of methoxy groups -OCH3 is 1. The summed E-state index contributed by atoms with van der Waals surface area (Å²) < 4.78 is 12.8. The van der Waals surface area contributed by atoms with E-state index in [0.29, 0.717) is 33.6 Å². The van der Waals surface area contributed by atoms with E-state index in [-0.39, 0.29) is 22.6 Å². The van der Waals surface area contributed by atoms with Crippen molar-refractivity contribution >= 4 is 34.0 Å². The third-order valence-electron chi connectivity index (χ3n) is 4.79. The number of aromatic nitrogens is 3. The van der Waals surface area contributed by atoms with Crippen LogP contribution < -0.4 is 25.1 Å². The number of nitrogens with zero attached hydrogens (tertiary/aromatic N) is 3. The second kappa shape index (κ2) is 9.72. The molecule has 0 N–H and O–H groups in total. The van der Waals surface area contributed by atoms with Gasteiger partial charge in [0.05, 0.1) is 18.2 Å². The summed E-state index contributed by atoms with van der Waals surface area (Å²) in [6.45, 7) is 4.71. The normalized spacial score (nSPS) is 12.0. The van der Waals surface area contributed by atoms with E-state index in [2.05, 4.69) is 23.9 Å². The average Bonchev–Trinajstić information content (AvgIpc) is 3.08. The second-order valence-electron chi connectivity index (χ2n) is 7.89. The third kappa shape index (κ3) is 5.23. The molecule has 0 saturated heterocycles. The van der Waals surface area contributed by atoms with Crippen LogP contribution in [0, 0.1) is 5.92 Å². The Bertz CT molecular complexity index is 1460. The maximum atomic E-state index is 13.0. The lowest BCUT2D eigenvalue weighted by Gasteiger charge is -2.12. The molecule has 0 radical (unpaired) electrons. The highest BCUT2D eigenvalue weighted by Gasteiger charge is 2.12. The molecule has 7 nitrogen and oxygen atoms in total. The lowest BCUT2D eigenvalue weighted by molar-refractivity contribution is 0.257. The Hall–Kier alpha value is -3.23. The maximum absolute atomic E-state index is 13.0. The number of hydrogen-bond donors (Lipinski definition) is 0. The van der Waals surface area contributed by atoms with Crippen molar-refractivity contribution in [1.29, 1.82) is 0 Å². The molecule has 0 aliphatic rings. The van der Waals surface area contributed by atoms with Crippen LogP contribution >= 0.6 is 22.9 Å². The predicted octanol–water partition coefficient (Wildman–Crippen LogP) is 3.35. The maximum Gasteiger partial charge on any atom is 0.296 e.